The summed E-state index contributed by atoms with van der Waals surface area (Å²) in [6.45, 7) is 3.71. The molecule has 0 aliphatic heterocycles. The number of hydrogen-bond acceptors (Lipinski definition) is 5. The van der Waals surface area contributed by atoms with Crippen LogP contribution in [0.2, 0.25) is 0 Å². The Morgan fingerprint density at radius 3 is 3.04 bits per heavy atom. The van der Waals surface area contributed by atoms with E-state index in [1.54, 1.807) is 10.6 Å². The summed E-state index contributed by atoms with van der Waals surface area (Å²) in [5.74, 6) is 0.672. The van der Waals surface area contributed by atoms with E-state index in [0.717, 1.165) is 10.4 Å². The highest BCUT2D eigenvalue weighted by Crippen LogP contribution is 2.30. The topological polar surface area (TPSA) is 75.8 Å². The molecule has 0 fully saturated rings. The fourth-order valence-electron chi connectivity index (χ4n) is 3.18. The number of fused-ring (bicyclic) bond motifs is 1. The number of halogens is 1. The molecule has 1 amide bonds. The molecule has 4 aromatic rings. The van der Waals surface area contributed by atoms with Gasteiger partial charge in [0.2, 0.25) is 5.91 Å². The van der Waals surface area contributed by atoms with Crippen LogP contribution in [0.3, 0.4) is 0 Å². The normalized spacial score (nSPS) is 12.4. The van der Waals surface area contributed by atoms with Crippen LogP contribution in [-0.4, -0.2) is 20.7 Å². The van der Waals surface area contributed by atoms with Crippen LogP contribution in [0.1, 0.15) is 24.3 Å². The number of amides is 1. The van der Waals surface area contributed by atoms with Gasteiger partial charge in [-0.05, 0) is 55.7 Å². The maximum atomic E-state index is 13.5. The molecule has 144 valence electrons. The summed E-state index contributed by atoms with van der Waals surface area (Å²) >= 11 is 6.78. The summed E-state index contributed by atoms with van der Waals surface area (Å²) in [4.78, 5) is 13.6. The third kappa shape index (κ3) is 3.38. The van der Waals surface area contributed by atoms with Gasteiger partial charge in [-0.2, -0.15) is 5.10 Å². The fourth-order valence-corrected chi connectivity index (χ4v) is 4.10. The molecule has 0 saturated carbocycles. The van der Waals surface area contributed by atoms with Crippen molar-refractivity contribution < 1.29 is 13.6 Å². The zero-order valence-electron chi connectivity index (χ0n) is 15.2. The lowest BCUT2D eigenvalue weighted by molar-refractivity contribution is -0.122. The second-order valence-corrected chi connectivity index (χ2v) is 7.77. The molecule has 2 N–H and O–H groups in total. The number of furan rings is 1. The van der Waals surface area contributed by atoms with Crippen LogP contribution < -0.4 is 5.32 Å². The Kier molecular flexibility index (Phi) is 4.86. The molecule has 3 aromatic heterocycles. The summed E-state index contributed by atoms with van der Waals surface area (Å²) in [5, 5.41) is 12.5. The Balaban J connectivity index is 1.54. The van der Waals surface area contributed by atoms with Gasteiger partial charge in [0.05, 0.1) is 10.9 Å². The van der Waals surface area contributed by atoms with Gasteiger partial charge in [-0.3, -0.25) is 14.5 Å². The van der Waals surface area contributed by atoms with Crippen LogP contribution >= 0.6 is 23.6 Å². The van der Waals surface area contributed by atoms with Crippen molar-refractivity contribution in [2.75, 3.05) is 0 Å². The van der Waals surface area contributed by atoms with Gasteiger partial charge in [-0.1, -0.05) is 6.07 Å². The number of nitrogens with one attached hydrogen (secondary N) is 2. The molecule has 0 bridgehead atoms. The fraction of sp³-hybridized carbons (Fsp3) is 0.211. The van der Waals surface area contributed by atoms with Crippen LogP contribution in [-0.2, 0) is 11.3 Å². The molecule has 4 rings (SSSR count). The number of carbonyl (C=O) groups excluding carboxylic acids is 1. The second-order valence-electron chi connectivity index (χ2n) is 6.44. The van der Waals surface area contributed by atoms with E-state index in [2.05, 4.69) is 15.5 Å². The van der Waals surface area contributed by atoms with E-state index < -0.39 is 0 Å². The lowest BCUT2D eigenvalue weighted by Gasteiger charge is -2.13. The first-order valence-corrected chi connectivity index (χ1v) is 9.90. The summed E-state index contributed by atoms with van der Waals surface area (Å²) < 4.78 is 21.4. The lowest BCUT2D eigenvalue weighted by atomic mass is 10.1. The molecule has 0 aliphatic rings. The molecule has 6 nitrogen and oxygen atoms in total. The number of carbonyl (C=O) groups is 1. The lowest BCUT2D eigenvalue weighted by Crippen LogP contribution is -2.30. The van der Waals surface area contributed by atoms with Crippen molar-refractivity contribution in [3.05, 3.63) is 57.6 Å². The Morgan fingerprint density at radius 1 is 1.46 bits per heavy atom. The maximum Gasteiger partial charge on any atom is 0.240 e. The molecule has 1 atom stereocenters. The molecule has 0 radical (unpaired) electrons. The first-order chi connectivity index (χ1) is 13.4. The third-order valence-corrected chi connectivity index (χ3v) is 5.68. The zero-order chi connectivity index (χ0) is 19.8. The highest BCUT2D eigenvalue weighted by molar-refractivity contribution is 7.71. The van der Waals surface area contributed by atoms with Crippen molar-refractivity contribution >= 4 is 40.4 Å². The largest absolute Gasteiger partial charge is 0.459 e. The first-order valence-electron chi connectivity index (χ1n) is 8.61. The number of rotatable bonds is 5. The number of aromatic nitrogens is 3. The molecule has 0 aliphatic carbocycles. The monoisotopic (exact) mass is 416 g/mol. The summed E-state index contributed by atoms with van der Waals surface area (Å²) in [6, 6.07) is 7.83. The predicted octanol–water partition coefficient (Wildman–Crippen LogP) is 4.74. The number of aromatic amines is 1. The number of aryl methyl sites for hydroxylation is 1. The number of hydrogen-bond donors (Lipinski definition) is 2. The molecule has 0 spiro atoms. The molecule has 28 heavy (non-hydrogen) atoms. The number of thiophene rings is 1. The molecule has 0 saturated heterocycles. The van der Waals surface area contributed by atoms with Crippen LogP contribution in [0.15, 0.2) is 40.1 Å². The summed E-state index contributed by atoms with van der Waals surface area (Å²) in [5.41, 5.74) is 1.40. The second kappa shape index (κ2) is 7.33. The predicted molar refractivity (Wildman–Crippen MR) is 108 cm³/mol. The van der Waals surface area contributed by atoms with Crippen LogP contribution in [0.5, 0.6) is 0 Å². The maximum absolute atomic E-state index is 13.5. The highest BCUT2D eigenvalue weighted by atomic mass is 32.1. The van der Waals surface area contributed by atoms with Gasteiger partial charge in [0.1, 0.15) is 23.7 Å². The van der Waals surface area contributed by atoms with Crippen molar-refractivity contribution in [1.82, 2.24) is 20.1 Å². The van der Waals surface area contributed by atoms with Crippen molar-refractivity contribution in [2.24, 2.45) is 0 Å². The minimum absolute atomic E-state index is 0.0286. The van der Waals surface area contributed by atoms with Gasteiger partial charge < -0.3 is 9.73 Å². The van der Waals surface area contributed by atoms with E-state index in [-0.39, 0.29) is 24.3 Å². The van der Waals surface area contributed by atoms with Crippen molar-refractivity contribution in [1.29, 1.82) is 0 Å². The van der Waals surface area contributed by atoms with E-state index in [4.69, 9.17) is 16.6 Å². The Morgan fingerprint density at radius 2 is 2.29 bits per heavy atom. The molecule has 9 heteroatoms. The van der Waals surface area contributed by atoms with Gasteiger partial charge in [-0.25, -0.2) is 4.39 Å². The summed E-state index contributed by atoms with van der Waals surface area (Å²) in [7, 11) is 0. The average molecular weight is 417 g/mol. The van der Waals surface area contributed by atoms with Gasteiger partial charge in [0.15, 0.2) is 10.6 Å². The number of H-pyrrole nitrogens is 1. The molecule has 1 unspecified atom stereocenters. The van der Waals surface area contributed by atoms with Gasteiger partial charge in [0.25, 0.3) is 0 Å². The van der Waals surface area contributed by atoms with Crippen LogP contribution in [0, 0.1) is 17.5 Å². The van der Waals surface area contributed by atoms with Gasteiger partial charge in [-0.15, -0.1) is 11.3 Å². The van der Waals surface area contributed by atoms with E-state index in [0.29, 0.717) is 27.3 Å². The third-order valence-electron chi connectivity index (χ3n) is 4.51. The smallest absolute Gasteiger partial charge is 0.240 e. The minimum Gasteiger partial charge on any atom is -0.459 e. The SMILES string of the molecule is Cc1c(C(C)NC(=O)Cn2c(-c3cccs3)n[nH]c2=S)oc2ccc(F)cc12. The standard InChI is InChI=1S/C19H17FN4O2S2/c1-10-13-8-12(20)5-6-14(13)26-17(10)11(2)21-16(25)9-24-18(22-23-19(24)27)15-4-3-7-28-15/h3-8,11H,9H2,1-2H3,(H,21,25)(H,23,27). The van der Waals surface area contributed by atoms with E-state index in [9.17, 15) is 9.18 Å². The summed E-state index contributed by atoms with van der Waals surface area (Å²) in [6.07, 6.45) is 0. The molecular weight excluding hydrogens is 399 g/mol. The first kappa shape index (κ1) is 18.6. The van der Waals surface area contributed by atoms with Crippen molar-refractivity contribution in [2.45, 2.75) is 26.4 Å². The molecule has 1 aromatic carbocycles. The van der Waals surface area contributed by atoms with E-state index in [1.165, 1.54) is 23.5 Å². The molecule has 3 heterocycles. The van der Waals surface area contributed by atoms with Gasteiger partial charge >= 0.3 is 0 Å². The van der Waals surface area contributed by atoms with E-state index >= 15 is 0 Å². The van der Waals surface area contributed by atoms with Crippen LogP contribution in [0.4, 0.5) is 4.39 Å². The van der Waals surface area contributed by atoms with E-state index in [1.807, 2.05) is 31.4 Å². The average Bonchev–Trinajstić information content (AvgIpc) is 3.37. The Bertz CT molecular complexity index is 1210. The molecular formula is C19H17FN4O2S2. The Hall–Kier alpha value is -2.78. The quantitative estimate of drug-likeness (QED) is 0.461. The van der Waals surface area contributed by atoms with Crippen LogP contribution in [0.25, 0.3) is 21.7 Å². The number of nitrogens with zero attached hydrogens (tertiary/aromatic N) is 2. The minimum atomic E-state index is -0.380. The van der Waals surface area contributed by atoms with Gasteiger partial charge in [0, 0.05) is 10.9 Å². The highest BCUT2D eigenvalue weighted by Gasteiger charge is 2.20. The zero-order valence-corrected chi connectivity index (χ0v) is 16.8. The number of benzene rings is 1. The Labute approximate surface area is 169 Å². The van der Waals surface area contributed by atoms with Crippen molar-refractivity contribution in [3.63, 3.8) is 0 Å². The van der Waals surface area contributed by atoms with Crippen molar-refractivity contribution in [3.8, 4) is 10.7 Å².